The van der Waals surface area contributed by atoms with Crippen LogP contribution in [0.25, 0.3) is 0 Å². The van der Waals surface area contributed by atoms with Crippen molar-refractivity contribution in [2.45, 2.75) is 24.3 Å². The van der Waals surface area contributed by atoms with Gasteiger partial charge in [-0.15, -0.1) is 11.3 Å². The van der Waals surface area contributed by atoms with Crippen molar-refractivity contribution >= 4 is 32.7 Å². The lowest BCUT2D eigenvalue weighted by molar-refractivity contribution is 0.0903. The van der Waals surface area contributed by atoms with Crippen LogP contribution in [0.5, 0.6) is 5.75 Å². The normalized spacial score (nSPS) is 14.1. The van der Waals surface area contributed by atoms with E-state index >= 15 is 0 Å². The van der Waals surface area contributed by atoms with E-state index in [0.717, 1.165) is 11.1 Å². The number of hydrogen-bond acceptors (Lipinski definition) is 6. The van der Waals surface area contributed by atoms with Gasteiger partial charge in [-0.05, 0) is 65.4 Å². The predicted octanol–water partition coefficient (Wildman–Crippen LogP) is 3.65. The Hall–Kier alpha value is -1.71. The van der Waals surface area contributed by atoms with Gasteiger partial charge in [-0.1, -0.05) is 6.07 Å². The van der Waals surface area contributed by atoms with Gasteiger partial charge in [0.2, 0.25) is 10.0 Å². The van der Waals surface area contributed by atoms with Crippen LogP contribution in [0.2, 0.25) is 0 Å². The van der Waals surface area contributed by atoms with Gasteiger partial charge in [-0.3, -0.25) is 0 Å². The van der Waals surface area contributed by atoms with Gasteiger partial charge >= 0.3 is 0 Å². The fourth-order valence-electron chi connectivity index (χ4n) is 2.76. The lowest BCUT2D eigenvalue weighted by Crippen LogP contribution is -2.41. The Labute approximate surface area is 167 Å². The van der Waals surface area contributed by atoms with Crippen LogP contribution in [-0.2, 0) is 15.6 Å². The van der Waals surface area contributed by atoms with Gasteiger partial charge in [0, 0.05) is 17.0 Å². The van der Waals surface area contributed by atoms with Crippen LogP contribution >= 0.6 is 22.7 Å². The van der Waals surface area contributed by atoms with Crippen molar-refractivity contribution < 1.29 is 18.3 Å². The molecule has 0 saturated carbocycles. The van der Waals surface area contributed by atoms with Crippen molar-refractivity contribution in [3.05, 3.63) is 68.0 Å². The SMILES string of the molecule is COc1cc(C)c(C)cc1S(=O)(=O)NC[C@@](O)(c1ccsc1)c1cccs1. The number of ether oxygens (including phenoxy) is 1. The Morgan fingerprint density at radius 2 is 1.93 bits per heavy atom. The summed E-state index contributed by atoms with van der Waals surface area (Å²) in [5, 5.41) is 16.9. The zero-order chi connectivity index (χ0) is 19.7. The van der Waals surface area contributed by atoms with Gasteiger partial charge in [0.05, 0.1) is 7.11 Å². The molecule has 0 fully saturated rings. The van der Waals surface area contributed by atoms with E-state index in [1.165, 1.54) is 29.8 Å². The molecule has 5 nitrogen and oxygen atoms in total. The molecule has 3 rings (SSSR count). The molecule has 0 amide bonds. The van der Waals surface area contributed by atoms with Crippen LogP contribution in [-0.4, -0.2) is 27.2 Å². The monoisotopic (exact) mass is 423 g/mol. The van der Waals surface area contributed by atoms with E-state index in [9.17, 15) is 13.5 Å². The lowest BCUT2D eigenvalue weighted by atomic mass is 9.95. The minimum Gasteiger partial charge on any atom is -0.495 e. The van der Waals surface area contributed by atoms with E-state index < -0.39 is 15.6 Å². The van der Waals surface area contributed by atoms with E-state index in [4.69, 9.17) is 4.74 Å². The van der Waals surface area contributed by atoms with E-state index in [-0.39, 0.29) is 17.2 Å². The molecule has 2 aromatic heterocycles. The number of nitrogens with one attached hydrogen (secondary N) is 1. The highest BCUT2D eigenvalue weighted by molar-refractivity contribution is 7.89. The topological polar surface area (TPSA) is 75.6 Å². The minimum absolute atomic E-state index is 0.0620. The Kier molecular flexibility index (Phi) is 5.73. The summed E-state index contributed by atoms with van der Waals surface area (Å²) < 4.78 is 33.8. The highest BCUT2D eigenvalue weighted by atomic mass is 32.2. The third-order valence-corrected chi connectivity index (χ3v) is 7.64. The molecule has 0 aliphatic carbocycles. The largest absolute Gasteiger partial charge is 0.495 e. The summed E-state index contributed by atoms with van der Waals surface area (Å²) in [6, 6.07) is 8.72. The molecule has 0 aliphatic heterocycles. The van der Waals surface area contributed by atoms with Gasteiger partial charge in [-0.2, -0.15) is 11.3 Å². The molecular formula is C19H21NO4S3. The first-order chi connectivity index (χ1) is 12.8. The second-order valence-corrected chi connectivity index (χ2v) is 9.72. The number of hydrogen-bond donors (Lipinski definition) is 2. The molecule has 8 heteroatoms. The fourth-order valence-corrected chi connectivity index (χ4v) is 5.62. The summed E-state index contributed by atoms with van der Waals surface area (Å²) in [5.41, 5.74) is 1.01. The van der Waals surface area contributed by atoms with Crippen LogP contribution in [0.1, 0.15) is 21.6 Å². The van der Waals surface area contributed by atoms with Gasteiger partial charge in [0.15, 0.2) is 0 Å². The Morgan fingerprint density at radius 3 is 2.52 bits per heavy atom. The average Bonchev–Trinajstić information content (AvgIpc) is 3.35. The maximum absolute atomic E-state index is 13.0. The van der Waals surface area contributed by atoms with Crippen LogP contribution in [0.15, 0.2) is 51.4 Å². The number of aryl methyl sites for hydroxylation is 2. The highest BCUT2D eigenvalue weighted by Gasteiger charge is 2.35. The molecule has 1 aromatic carbocycles. The molecular weight excluding hydrogens is 402 g/mol. The molecule has 0 bridgehead atoms. The van der Waals surface area contributed by atoms with Crippen LogP contribution < -0.4 is 9.46 Å². The number of rotatable bonds is 7. The number of methoxy groups -OCH3 is 1. The Balaban J connectivity index is 1.95. The first-order valence-electron chi connectivity index (χ1n) is 8.22. The molecule has 0 saturated heterocycles. The summed E-state index contributed by atoms with van der Waals surface area (Å²) in [5.74, 6) is 0.279. The van der Waals surface area contributed by atoms with Gasteiger partial charge < -0.3 is 9.84 Å². The van der Waals surface area contributed by atoms with E-state index in [0.29, 0.717) is 10.4 Å². The van der Waals surface area contributed by atoms with Gasteiger partial charge in [0.25, 0.3) is 0 Å². The Bertz CT molecular complexity index is 975. The predicted molar refractivity (Wildman–Crippen MR) is 109 cm³/mol. The second kappa shape index (κ2) is 7.73. The van der Waals surface area contributed by atoms with Crippen molar-refractivity contribution in [1.82, 2.24) is 4.72 Å². The third kappa shape index (κ3) is 3.95. The highest BCUT2D eigenvalue weighted by Crippen LogP contribution is 2.34. The molecule has 0 spiro atoms. The molecule has 0 unspecified atom stereocenters. The smallest absolute Gasteiger partial charge is 0.244 e. The summed E-state index contributed by atoms with van der Waals surface area (Å²) in [4.78, 5) is 0.739. The van der Waals surface area contributed by atoms with Gasteiger partial charge in [-0.25, -0.2) is 13.1 Å². The van der Waals surface area contributed by atoms with Crippen LogP contribution in [0.4, 0.5) is 0 Å². The van der Waals surface area contributed by atoms with E-state index in [2.05, 4.69) is 4.72 Å². The second-order valence-electron chi connectivity index (χ2n) is 6.26. The fraction of sp³-hybridized carbons (Fsp3) is 0.263. The van der Waals surface area contributed by atoms with Crippen LogP contribution in [0, 0.1) is 13.8 Å². The summed E-state index contributed by atoms with van der Waals surface area (Å²) in [7, 11) is -2.44. The first kappa shape index (κ1) is 20.0. The van der Waals surface area contributed by atoms with Crippen molar-refractivity contribution in [3.8, 4) is 5.75 Å². The Morgan fingerprint density at radius 1 is 1.19 bits per heavy atom. The van der Waals surface area contributed by atoms with Gasteiger partial charge in [0.1, 0.15) is 16.2 Å². The van der Waals surface area contributed by atoms with Crippen molar-refractivity contribution in [2.24, 2.45) is 0 Å². The summed E-state index contributed by atoms with van der Waals surface area (Å²) >= 11 is 2.83. The standard InChI is InChI=1S/C19H21NO4S3/c1-13-9-16(24-3)17(10-14(13)2)27(22,23)20-12-19(21,15-6-8-25-11-15)18-5-4-7-26-18/h4-11,20-21H,12H2,1-3H3/t19-/m1/s1. The molecule has 0 radical (unpaired) electrons. The zero-order valence-electron chi connectivity index (χ0n) is 15.2. The van der Waals surface area contributed by atoms with Crippen LogP contribution in [0.3, 0.4) is 0 Å². The molecule has 0 aliphatic rings. The molecule has 3 aromatic rings. The average molecular weight is 424 g/mol. The molecule has 2 N–H and O–H groups in total. The molecule has 27 heavy (non-hydrogen) atoms. The molecule has 1 atom stereocenters. The molecule has 2 heterocycles. The number of sulfonamides is 1. The number of thiophene rings is 2. The lowest BCUT2D eigenvalue weighted by Gasteiger charge is -2.27. The maximum atomic E-state index is 13.0. The van der Waals surface area contributed by atoms with Crippen molar-refractivity contribution in [2.75, 3.05) is 13.7 Å². The minimum atomic E-state index is -3.88. The zero-order valence-corrected chi connectivity index (χ0v) is 17.7. The quantitative estimate of drug-likeness (QED) is 0.608. The van der Waals surface area contributed by atoms with E-state index in [1.54, 1.807) is 24.3 Å². The summed E-state index contributed by atoms with van der Waals surface area (Å²) in [6.45, 7) is 3.57. The molecule has 144 valence electrons. The number of aliphatic hydroxyl groups is 1. The number of benzene rings is 1. The summed E-state index contributed by atoms with van der Waals surface area (Å²) in [6.07, 6.45) is 0. The van der Waals surface area contributed by atoms with Crippen molar-refractivity contribution in [3.63, 3.8) is 0 Å². The van der Waals surface area contributed by atoms with Crippen molar-refractivity contribution in [1.29, 1.82) is 0 Å². The third-order valence-electron chi connectivity index (χ3n) is 4.52. The first-order valence-corrected chi connectivity index (χ1v) is 11.5. The van der Waals surface area contributed by atoms with E-state index in [1.807, 2.05) is 36.1 Å². The maximum Gasteiger partial charge on any atom is 0.244 e.